The lowest BCUT2D eigenvalue weighted by Gasteiger charge is -1.96. The van der Waals surface area contributed by atoms with Crippen LogP contribution in [0.4, 0.5) is 5.13 Å². The van der Waals surface area contributed by atoms with Gasteiger partial charge in [-0.05, 0) is 27.7 Å². The molecule has 2 heterocycles. The highest BCUT2D eigenvalue weighted by atomic mass is 32.1. The zero-order valence-corrected chi connectivity index (χ0v) is 11.8. The number of amides is 1. The van der Waals surface area contributed by atoms with Gasteiger partial charge in [0.05, 0.1) is 11.4 Å². The summed E-state index contributed by atoms with van der Waals surface area (Å²) in [5.74, 6) is -0.181. The number of hydrogen-bond acceptors (Lipinski definition) is 5. The van der Waals surface area contributed by atoms with Crippen LogP contribution in [0.15, 0.2) is 0 Å². The number of carbonyl (C=O) groups is 1. The van der Waals surface area contributed by atoms with Crippen LogP contribution in [0.1, 0.15) is 30.9 Å². The molecule has 90 valence electrons. The van der Waals surface area contributed by atoms with E-state index in [9.17, 15) is 4.79 Å². The average Bonchev–Trinajstić information content (AvgIpc) is 2.73. The van der Waals surface area contributed by atoms with Crippen LogP contribution in [0.3, 0.4) is 0 Å². The highest BCUT2D eigenvalue weighted by Gasteiger charge is 2.14. The van der Waals surface area contributed by atoms with E-state index in [0.717, 1.165) is 21.1 Å². The first kappa shape index (κ1) is 12.2. The van der Waals surface area contributed by atoms with Crippen LogP contribution in [0.5, 0.6) is 0 Å². The van der Waals surface area contributed by atoms with E-state index in [1.807, 2.05) is 27.7 Å². The topological polar surface area (TPSA) is 54.9 Å². The molecule has 17 heavy (non-hydrogen) atoms. The summed E-state index contributed by atoms with van der Waals surface area (Å²) in [5, 5.41) is 3.90. The van der Waals surface area contributed by atoms with E-state index < -0.39 is 0 Å². The monoisotopic (exact) mass is 267 g/mol. The average molecular weight is 267 g/mol. The van der Waals surface area contributed by atoms with Gasteiger partial charge in [-0.1, -0.05) is 0 Å². The van der Waals surface area contributed by atoms with E-state index in [4.69, 9.17) is 0 Å². The number of carbonyl (C=O) groups excluding carboxylic acids is 1. The Morgan fingerprint density at radius 3 is 2.06 bits per heavy atom. The number of hydrogen-bond donors (Lipinski definition) is 1. The van der Waals surface area contributed by atoms with Crippen molar-refractivity contribution in [2.45, 2.75) is 27.7 Å². The quantitative estimate of drug-likeness (QED) is 0.909. The molecule has 0 atom stereocenters. The van der Waals surface area contributed by atoms with E-state index in [1.165, 1.54) is 22.7 Å². The molecule has 0 aliphatic rings. The van der Waals surface area contributed by atoms with E-state index >= 15 is 0 Å². The molecule has 0 aliphatic carbocycles. The van der Waals surface area contributed by atoms with Crippen LogP contribution in [-0.2, 0) is 0 Å². The Labute approximate surface area is 108 Å². The lowest BCUT2D eigenvalue weighted by Crippen LogP contribution is -2.11. The second kappa shape index (κ2) is 4.54. The maximum atomic E-state index is 11.9. The third-order valence-electron chi connectivity index (χ3n) is 2.47. The fourth-order valence-corrected chi connectivity index (χ4v) is 2.87. The highest BCUT2D eigenvalue weighted by molar-refractivity contribution is 7.16. The van der Waals surface area contributed by atoms with Gasteiger partial charge < -0.3 is 0 Å². The predicted octanol–water partition coefficient (Wildman–Crippen LogP) is 3.09. The standard InChI is InChI=1S/C11H13N3OS2/c1-5-7(3)16-10(12-5)9(15)14-11-13-6(2)8(4)17-11/h1-4H3,(H,13,14,15). The molecule has 0 spiro atoms. The molecule has 4 nitrogen and oxygen atoms in total. The Morgan fingerprint density at radius 2 is 1.59 bits per heavy atom. The van der Waals surface area contributed by atoms with Crippen molar-refractivity contribution in [2.24, 2.45) is 0 Å². The number of aromatic nitrogens is 2. The van der Waals surface area contributed by atoms with Gasteiger partial charge in [-0.25, -0.2) is 9.97 Å². The molecule has 0 bridgehead atoms. The number of nitrogens with one attached hydrogen (secondary N) is 1. The Hall–Kier alpha value is -1.27. The van der Waals surface area contributed by atoms with Gasteiger partial charge in [0, 0.05) is 9.75 Å². The van der Waals surface area contributed by atoms with Crippen molar-refractivity contribution in [1.29, 1.82) is 0 Å². The van der Waals surface area contributed by atoms with E-state index in [2.05, 4.69) is 15.3 Å². The van der Waals surface area contributed by atoms with E-state index in [1.54, 1.807) is 0 Å². The smallest absolute Gasteiger partial charge is 0.286 e. The van der Waals surface area contributed by atoms with Crippen molar-refractivity contribution in [3.8, 4) is 0 Å². The minimum absolute atomic E-state index is 0.181. The molecule has 0 unspecified atom stereocenters. The maximum absolute atomic E-state index is 11.9. The van der Waals surface area contributed by atoms with E-state index in [-0.39, 0.29) is 5.91 Å². The Morgan fingerprint density at radius 1 is 1.00 bits per heavy atom. The SMILES string of the molecule is Cc1nc(NC(=O)c2nc(C)c(C)s2)sc1C. The Bertz CT molecular complexity index is 532. The first-order valence-electron chi connectivity index (χ1n) is 5.17. The fraction of sp³-hybridized carbons (Fsp3) is 0.364. The van der Waals surface area contributed by atoms with Gasteiger partial charge in [0.25, 0.3) is 5.91 Å². The Balaban J connectivity index is 2.16. The molecule has 0 saturated heterocycles. The van der Waals surface area contributed by atoms with Crippen LogP contribution in [0, 0.1) is 27.7 Å². The number of aryl methyl sites for hydroxylation is 4. The molecule has 1 N–H and O–H groups in total. The third kappa shape index (κ3) is 2.53. The number of nitrogens with zero attached hydrogens (tertiary/aromatic N) is 2. The second-order valence-corrected chi connectivity index (χ2v) is 6.18. The summed E-state index contributed by atoms with van der Waals surface area (Å²) in [4.78, 5) is 22.6. The Kier molecular flexibility index (Phi) is 3.26. The summed E-state index contributed by atoms with van der Waals surface area (Å²) in [5.41, 5.74) is 1.86. The van der Waals surface area contributed by atoms with Crippen LogP contribution < -0.4 is 5.32 Å². The zero-order chi connectivity index (χ0) is 12.6. The van der Waals surface area contributed by atoms with Gasteiger partial charge in [0.1, 0.15) is 0 Å². The molecule has 2 rings (SSSR count). The molecule has 0 aliphatic heterocycles. The second-order valence-electron chi connectivity index (χ2n) is 3.78. The van der Waals surface area contributed by atoms with Crippen LogP contribution in [-0.4, -0.2) is 15.9 Å². The van der Waals surface area contributed by atoms with Crippen LogP contribution in [0.25, 0.3) is 0 Å². The summed E-state index contributed by atoms with van der Waals surface area (Å²) in [6.45, 7) is 7.78. The molecule has 6 heteroatoms. The molecule has 0 aromatic carbocycles. The minimum atomic E-state index is -0.181. The van der Waals surface area contributed by atoms with Gasteiger partial charge >= 0.3 is 0 Å². The summed E-state index contributed by atoms with van der Waals surface area (Å²) >= 11 is 2.89. The first-order valence-corrected chi connectivity index (χ1v) is 6.80. The zero-order valence-electron chi connectivity index (χ0n) is 10.1. The van der Waals surface area contributed by atoms with Crippen molar-refractivity contribution < 1.29 is 4.79 Å². The highest BCUT2D eigenvalue weighted by Crippen LogP contribution is 2.23. The molecule has 1 amide bonds. The molecule has 2 aromatic rings. The molecule has 0 radical (unpaired) electrons. The molecule has 0 fully saturated rings. The van der Waals surface area contributed by atoms with Crippen LogP contribution in [0.2, 0.25) is 0 Å². The molecular formula is C11H13N3OS2. The lowest BCUT2D eigenvalue weighted by atomic mass is 10.4. The summed E-state index contributed by atoms with van der Waals surface area (Å²) in [6, 6.07) is 0. The number of thiazole rings is 2. The van der Waals surface area contributed by atoms with E-state index in [0.29, 0.717) is 10.1 Å². The van der Waals surface area contributed by atoms with Crippen LogP contribution >= 0.6 is 22.7 Å². The minimum Gasteiger partial charge on any atom is -0.296 e. The van der Waals surface area contributed by atoms with Crippen molar-refractivity contribution in [2.75, 3.05) is 5.32 Å². The van der Waals surface area contributed by atoms with Crippen molar-refractivity contribution in [3.63, 3.8) is 0 Å². The fourth-order valence-electron chi connectivity index (χ4n) is 1.25. The van der Waals surface area contributed by atoms with Gasteiger partial charge in [-0.3, -0.25) is 10.1 Å². The van der Waals surface area contributed by atoms with Crippen molar-refractivity contribution >= 4 is 33.7 Å². The predicted molar refractivity (Wildman–Crippen MR) is 71.1 cm³/mol. The third-order valence-corrected chi connectivity index (χ3v) is 4.53. The molecule has 2 aromatic heterocycles. The van der Waals surface area contributed by atoms with Gasteiger partial charge in [-0.2, -0.15) is 0 Å². The lowest BCUT2D eigenvalue weighted by molar-refractivity contribution is 0.102. The molecule has 0 saturated carbocycles. The van der Waals surface area contributed by atoms with Gasteiger partial charge in [0.15, 0.2) is 10.1 Å². The van der Waals surface area contributed by atoms with Crippen molar-refractivity contribution in [3.05, 3.63) is 26.1 Å². The number of anilines is 1. The largest absolute Gasteiger partial charge is 0.296 e. The van der Waals surface area contributed by atoms with Gasteiger partial charge in [0.2, 0.25) is 0 Å². The maximum Gasteiger partial charge on any atom is 0.286 e. The first-order chi connectivity index (χ1) is 7.97. The summed E-state index contributed by atoms with van der Waals surface area (Å²) in [6.07, 6.45) is 0. The molecular weight excluding hydrogens is 254 g/mol. The normalized spacial score (nSPS) is 10.6. The summed E-state index contributed by atoms with van der Waals surface area (Å²) in [7, 11) is 0. The van der Waals surface area contributed by atoms with Gasteiger partial charge in [-0.15, -0.1) is 22.7 Å². The summed E-state index contributed by atoms with van der Waals surface area (Å²) < 4.78 is 0. The number of rotatable bonds is 2. The van der Waals surface area contributed by atoms with Crippen molar-refractivity contribution in [1.82, 2.24) is 9.97 Å².